The minimum atomic E-state index is 0.318. The number of likely N-dealkylation sites (N-methyl/N-ethyl adjacent to an activating group) is 1. The van der Waals surface area contributed by atoms with Crippen LogP contribution in [0.1, 0.15) is 53.8 Å². The molecular weight excluding hydrogens is 236 g/mol. The van der Waals surface area contributed by atoms with Crippen molar-refractivity contribution in [3.8, 4) is 0 Å². The van der Waals surface area contributed by atoms with E-state index in [1.165, 1.54) is 30.7 Å². The highest BCUT2D eigenvalue weighted by molar-refractivity contribution is 5.98. The molecule has 1 fully saturated rings. The maximum absolute atomic E-state index is 12.0. The number of carbonyl (C=O) groups is 1. The van der Waals surface area contributed by atoms with Crippen molar-refractivity contribution in [3.05, 3.63) is 23.0 Å². The molecule has 2 aliphatic rings. The van der Waals surface area contributed by atoms with E-state index in [1.807, 2.05) is 0 Å². The van der Waals surface area contributed by atoms with Gasteiger partial charge in [0.05, 0.1) is 0 Å². The van der Waals surface area contributed by atoms with E-state index in [0.717, 1.165) is 31.4 Å². The first kappa shape index (κ1) is 12.9. The molecule has 1 heterocycles. The van der Waals surface area contributed by atoms with Crippen molar-refractivity contribution in [2.24, 2.45) is 0 Å². The lowest BCUT2D eigenvalue weighted by atomic mass is 9.75. The highest BCUT2D eigenvalue weighted by Crippen LogP contribution is 2.39. The highest BCUT2D eigenvalue weighted by Gasteiger charge is 2.40. The van der Waals surface area contributed by atoms with Crippen LogP contribution >= 0.6 is 0 Å². The maximum Gasteiger partial charge on any atom is 0.164 e. The molecule has 0 aliphatic heterocycles. The van der Waals surface area contributed by atoms with Crippen molar-refractivity contribution >= 4 is 5.78 Å². The lowest BCUT2D eigenvalue weighted by molar-refractivity contribution is 0.0411. The standard InChI is InChI=1S/C16H24N2O/c1-12-10-13-14(6-4-7-15(13)19)18(12)11-16(17(2)3)8-5-9-16/h10H,4-9,11H2,1-3H3. The van der Waals surface area contributed by atoms with Crippen LogP contribution in [0.4, 0.5) is 0 Å². The molecule has 0 aromatic carbocycles. The average Bonchev–Trinajstić information content (AvgIpc) is 2.61. The number of hydrogen-bond acceptors (Lipinski definition) is 2. The number of Topliss-reactive ketones (excluding diaryl/α,β-unsaturated/α-hetero) is 1. The van der Waals surface area contributed by atoms with Gasteiger partial charge < -0.3 is 9.47 Å². The Morgan fingerprint density at radius 3 is 2.58 bits per heavy atom. The first-order valence-electron chi connectivity index (χ1n) is 7.43. The van der Waals surface area contributed by atoms with Crippen molar-refractivity contribution in [2.45, 2.75) is 57.5 Å². The van der Waals surface area contributed by atoms with Crippen molar-refractivity contribution in [3.63, 3.8) is 0 Å². The van der Waals surface area contributed by atoms with E-state index in [9.17, 15) is 4.79 Å². The Balaban J connectivity index is 1.95. The molecule has 0 spiro atoms. The van der Waals surface area contributed by atoms with Gasteiger partial charge in [0.1, 0.15) is 0 Å². The summed E-state index contributed by atoms with van der Waals surface area (Å²) >= 11 is 0. The molecule has 1 aromatic heterocycles. The molecule has 3 heteroatoms. The van der Waals surface area contributed by atoms with Crippen LogP contribution in [-0.4, -0.2) is 34.9 Å². The van der Waals surface area contributed by atoms with E-state index in [1.54, 1.807) is 0 Å². The summed E-state index contributed by atoms with van der Waals surface area (Å²) in [6.45, 7) is 3.20. The normalized spacial score (nSPS) is 21.4. The summed E-state index contributed by atoms with van der Waals surface area (Å²) in [6.07, 6.45) is 6.71. The summed E-state index contributed by atoms with van der Waals surface area (Å²) in [4.78, 5) is 14.4. The molecule has 0 unspecified atom stereocenters. The third-order valence-electron chi connectivity index (χ3n) is 5.22. The van der Waals surface area contributed by atoms with Crippen LogP contribution in [0.15, 0.2) is 6.07 Å². The zero-order chi connectivity index (χ0) is 13.6. The quantitative estimate of drug-likeness (QED) is 0.835. The molecule has 104 valence electrons. The smallest absolute Gasteiger partial charge is 0.164 e. The second-order valence-corrected chi connectivity index (χ2v) is 6.48. The molecule has 0 radical (unpaired) electrons. The van der Waals surface area contributed by atoms with Gasteiger partial charge in [-0.1, -0.05) is 0 Å². The van der Waals surface area contributed by atoms with Gasteiger partial charge in [0, 0.05) is 35.5 Å². The molecule has 19 heavy (non-hydrogen) atoms. The molecule has 1 aromatic rings. The Kier molecular flexibility index (Phi) is 3.05. The molecule has 2 aliphatic carbocycles. The van der Waals surface area contributed by atoms with Gasteiger partial charge in [0.25, 0.3) is 0 Å². The van der Waals surface area contributed by atoms with Crippen molar-refractivity contribution in [1.29, 1.82) is 0 Å². The van der Waals surface area contributed by atoms with Gasteiger partial charge in [0.2, 0.25) is 0 Å². The number of aryl methyl sites for hydroxylation is 1. The Bertz CT molecular complexity index is 509. The number of hydrogen-bond donors (Lipinski definition) is 0. The Labute approximate surface area is 115 Å². The van der Waals surface area contributed by atoms with Crippen LogP contribution in [-0.2, 0) is 13.0 Å². The number of aromatic nitrogens is 1. The lowest BCUT2D eigenvalue weighted by Gasteiger charge is -2.48. The molecule has 0 saturated heterocycles. The number of fused-ring (bicyclic) bond motifs is 1. The van der Waals surface area contributed by atoms with Crippen molar-refractivity contribution in [2.75, 3.05) is 14.1 Å². The van der Waals surface area contributed by atoms with E-state index < -0.39 is 0 Å². The Hall–Kier alpha value is -1.09. The van der Waals surface area contributed by atoms with E-state index in [0.29, 0.717) is 11.3 Å². The number of ketones is 1. The summed E-state index contributed by atoms with van der Waals surface area (Å²) < 4.78 is 2.42. The maximum atomic E-state index is 12.0. The zero-order valence-electron chi connectivity index (χ0n) is 12.3. The molecule has 3 nitrogen and oxygen atoms in total. The summed E-state index contributed by atoms with van der Waals surface area (Å²) in [7, 11) is 4.38. The second kappa shape index (κ2) is 4.48. The topological polar surface area (TPSA) is 25.2 Å². The summed E-state index contributed by atoms with van der Waals surface area (Å²) in [5, 5.41) is 0. The molecule has 0 atom stereocenters. The largest absolute Gasteiger partial charge is 0.346 e. The minimum absolute atomic E-state index is 0.318. The molecule has 0 bridgehead atoms. The van der Waals surface area contributed by atoms with Gasteiger partial charge in [-0.05, 0) is 59.2 Å². The molecule has 3 rings (SSSR count). The predicted molar refractivity (Wildman–Crippen MR) is 76.7 cm³/mol. The summed E-state index contributed by atoms with van der Waals surface area (Å²) in [5.41, 5.74) is 3.87. The van der Waals surface area contributed by atoms with Gasteiger partial charge in [-0.3, -0.25) is 4.79 Å². The number of rotatable bonds is 3. The summed E-state index contributed by atoms with van der Waals surface area (Å²) in [5.74, 6) is 0.343. The summed E-state index contributed by atoms with van der Waals surface area (Å²) in [6, 6.07) is 2.11. The van der Waals surface area contributed by atoms with Gasteiger partial charge in [-0.15, -0.1) is 0 Å². The van der Waals surface area contributed by atoms with Crippen LogP contribution in [0.5, 0.6) is 0 Å². The second-order valence-electron chi connectivity index (χ2n) is 6.48. The number of nitrogens with zero attached hydrogens (tertiary/aromatic N) is 2. The first-order valence-corrected chi connectivity index (χ1v) is 7.43. The van der Waals surface area contributed by atoms with Gasteiger partial charge in [-0.25, -0.2) is 0 Å². The SMILES string of the molecule is Cc1cc2c(n1CC1(N(C)C)CCC1)CCCC2=O. The average molecular weight is 260 g/mol. The first-order chi connectivity index (χ1) is 9.03. The van der Waals surface area contributed by atoms with Gasteiger partial charge in [0.15, 0.2) is 5.78 Å². The van der Waals surface area contributed by atoms with E-state index >= 15 is 0 Å². The van der Waals surface area contributed by atoms with Crippen LogP contribution < -0.4 is 0 Å². The zero-order valence-corrected chi connectivity index (χ0v) is 12.3. The van der Waals surface area contributed by atoms with E-state index in [-0.39, 0.29) is 0 Å². The third kappa shape index (κ3) is 1.95. The van der Waals surface area contributed by atoms with Crippen LogP contribution in [0, 0.1) is 6.92 Å². The van der Waals surface area contributed by atoms with E-state index in [4.69, 9.17) is 0 Å². The predicted octanol–water partition coefficient (Wildman–Crippen LogP) is 2.80. The fraction of sp³-hybridized carbons (Fsp3) is 0.688. The molecule has 1 saturated carbocycles. The Morgan fingerprint density at radius 2 is 2.00 bits per heavy atom. The van der Waals surface area contributed by atoms with Gasteiger partial charge in [-0.2, -0.15) is 0 Å². The van der Waals surface area contributed by atoms with Crippen molar-refractivity contribution < 1.29 is 4.79 Å². The highest BCUT2D eigenvalue weighted by atomic mass is 16.1. The van der Waals surface area contributed by atoms with Crippen LogP contribution in [0.25, 0.3) is 0 Å². The van der Waals surface area contributed by atoms with Crippen LogP contribution in [0.2, 0.25) is 0 Å². The Morgan fingerprint density at radius 1 is 1.26 bits per heavy atom. The monoisotopic (exact) mass is 260 g/mol. The molecule has 0 N–H and O–H groups in total. The number of carbonyl (C=O) groups excluding carboxylic acids is 1. The van der Waals surface area contributed by atoms with E-state index in [2.05, 4.69) is 36.6 Å². The van der Waals surface area contributed by atoms with Gasteiger partial charge >= 0.3 is 0 Å². The van der Waals surface area contributed by atoms with Crippen molar-refractivity contribution in [1.82, 2.24) is 9.47 Å². The fourth-order valence-electron chi connectivity index (χ4n) is 3.64. The molecule has 0 amide bonds. The molecular formula is C16H24N2O. The minimum Gasteiger partial charge on any atom is -0.346 e. The third-order valence-corrected chi connectivity index (χ3v) is 5.22. The fourth-order valence-corrected chi connectivity index (χ4v) is 3.64. The van der Waals surface area contributed by atoms with Crippen LogP contribution in [0.3, 0.4) is 0 Å². The lowest BCUT2D eigenvalue weighted by Crippen LogP contribution is -2.53.